The molecule has 0 unspecified atom stereocenters. The van der Waals surface area contributed by atoms with Crippen molar-refractivity contribution in [2.45, 2.75) is 31.9 Å². The molecule has 3 heterocycles. The second kappa shape index (κ2) is 7.79. The molecule has 1 aromatic heterocycles. The lowest BCUT2D eigenvalue weighted by Crippen LogP contribution is -2.50. The van der Waals surface area contributed by atoms with Crippen LogP contribution in [0.25, 0.3) is 11.3 Å². The normalized spacial score (nSPS) is 23.8. The third kappa shape index (κ3) is 3.73. The van der Waals surface area contributed by atoms with Crippen molar-refractivity contribution in [3.8, 4) is 11.3 Å². The minimum atomic E-state index is -2.52. The third-order valence-electron chi connectivity index (χ3n) is 6.53. The van der Waals surface area contributed by atoms with Crippen LogP contribution in [0, 0.1) is 5.41 Å². The molecular weight excluding hydrogens is 421 g/mol. The molecule has 0 aliphatic carbocycles. The summed E-state index contributed by atoms with van der Waals surface area (Å²) >= 11 is 6.55. The van der Waals surface area contributed by atoms with Crippen molar-refractivity contribution in [1.29, 1.82) is 0 Å². The summed E-state index contributed by atoms with van der Waals surface area (Å²) < 4.78 is 18.3. The van der Waals surface area contributed by atoms with Gasteiger partial charge in [0.1, 0.15) is 18.7 Å². The predicted octanol–water partition coefficient (Wildman–Crippen LogP) is 2.96. The Morgan fingerprint density at radius 1 is 1.30 bits per heavy atom. The second-order valence-corrected chi connectivity index (χ2v) is 12.4. The fourth-order valence-electron chi connectivity index (χ4n) is 4.53. The highest BCUT2D eigenvalue weighted by atomic mass is 35.5. The Bertz CT molecular complexity index is 1000. The van der Waals surface area contributed by atoms with Gasteiger partial charge >= 0.3 is 0 Å². The number of halogens is 1. The van der Waals surface area contributed by atoms with Gasteiger partial charge < -0.3 is 25.7 Å². The van der Waals surface area contributed by atoms with Gasteiger partial charge in [-0.25, -0.2) is 9.97 Å². The van der Waals surface area contributed by atoms with E-state index in [0.29, 0.717) is 27.4 Å². The number of nitrogens with two attached hydrogens (primary N) is 2. The fraction of sp³-hybridized carbons (Fsp3) is 0.524. The lowest BCUT2D eigenvalue weighted by Gasteiger charge is -2.41. The van der Waals surface area contributed by atoms with E-state index in [1.165, 1.54) is 0 Å². The number of nitrogen functional groups attached to an aromatic ring is 1. The first kappa shape index (κ1) is 21.6. The lowest BCUT2D eigenvalue weighted by molar-refractivity contribution is 0.0974. The van der Waals surface area contributed by atoms with Crippen molar-refractivity contribution in [2.75, 3.05) is 43.7 Å². The van der Waals surface area contributed by atoms with E-state index < -0.39 is 7.14 Å². The average molecular weight is 450 g/mol. The summed E-state index contributed by atoms with van der Waals surface area (Å²) in [7, 11) is -2.52. The molecule has 2 saturated heterocycles. The zero-order valence-electron chi connectivity index (χ0n) is 17.6. The van der Waals surface area contributed by atoms with Crippen LogP contribution in [0.4, 0.5) is 11.6 Å². The molecule has 30 heavy (non-hydrogen) atoms. The largest absolute Gasteiger partial charge is 0.382 e. The molecular formula is C21H29ClN5O2P. The summed E-state index contributed by atoms with van der Waals surface area (Å²) in [5, 5.41) is 1.04. The predicted molar refractivity (Wildman–Crippen MR) is 123 cm³/mol. The van der Waals surface area contributed by atoms with Crippen LogP contribution >= 0.6 is 18.7 Å². The van der Waals surface area contributed by atoms with Gasteiger partial charge in [0, 0.05) is 35.4 Å². The Morgan fingerprint density at radius 3 is 2.57 bits per heavy atom. The van der Waals surface area contributed by atoms with Crippen molar-refractivity contribution in [3.05, 3.63) is 29.4 Å². The number of ether oxygens (including phenoxy) is 1. The molecule has 0 bridgehead atoms. The van der Waals surface area contributed by atoms with E-state index in [2.05, 4.69) is 14.9 Å². The Kier molecular flexibility index (Phi) is 5.60. The Balaban J connectivity index is 1.56. The molecule has 4 rings (SSSR count). The molecule has 0 amide bonds. The zero-order valence-corrected chi connectivity index (χ0v) is 19.3. The summed E-state index contributed by atoms with van der Waals surface area (Å²) in [6.07, 6.45) is 3.75. The molecule has 2 aliphatic rings. The maximum absolute atomic E-state index is 12.5. The summed E-state index contributed by atoms with van der Waals surface area (Å²) in [5.41, 5.74) is 13.9. The van der Waals surface area contributed by atoms with Crippen LogP contribution in [-0.2, 0) is 9.30 Å². The van der Waals surface area contributed by atoms with E-state index in [0.717, 1.165) is 38.4 Å². The number of hydrogen-bond donors (Lipinski definition) is 2. The van der Waals surface area contributed by atoms with E-state index in [4.69, 9.17) is 27.8 Å². The molecule has 162 valence electrons. The van der Waals surface area contributed by atoms with Gasteiger partial charge in [-0.3, -0.25) is 0 Å². The Morgan fingerprint density at radius 2 is 2.00 bits per heavy atom. The molecule has 2 aliphatic heterocycles. The van der Waals surface area contributed by atoms with Crippen LogP contribution in [0.2, 0.25) is 5.02 Å². The average Bonchev–Trinajstić information content (AvgIpc) is 2.97. The first-order chi connectivity index (χ1) is 14.1. The van der Waals surface area contributed by atoms with E-state index >= 15 is 0 Å². The van der Waals surface area contributed by atoms with E-state index in [1.54, 1.807) is 25.6 Å². The number of nitrogens with zero attached hydrogens (tertiary/aromatic N) is 3. The minimum absolute atomic E-state index is 0.0526. The number of piperidine rings is 1. The first-order valence-electron chi connectivity index (χ1n) is 10.2. The molecule has 0 saturated carbocycles. The summed E-state index contributed by atoms with van der Waals surface area (Å²) in [6, 6.07) is 5.51. The topological polar surface area (TPSA) is 107 Å². The SMILES string of the molecule is C[C@@H]1OCC2(CCN(c3cnc(-c4cccc(P(C)(C)=O)c4Cl)c(N)n3)CC2)[C@@H]1N. The van der Waals surface area contributed by atoms with Crippen LogP contribution in [0.15, 0.2) is 24.4 Å². The molecule has 2 aromatic rings. The summed E-state index contributed by atoms with van der Waals surface area (Å²) in [6.45, 7) is 7.84. The van der Waals surface area contributed by atoms with Crippen LogP contribution in [0.3, 0.4) is 0 Å². The van der Waals surface area contributed by atoms with Gasteiger partial charge in [0.15, 0.2) is 5.82 Å². The highest BCUT2D eigenvalue weighted by Crippen LogP contribution is 2.43. The molecule has 7 nitrogen and oxygen atoms in total. The smallest absolute Gasteiger partial charge is 0.152 e. The van der Waals surface area contributed by atoms with Gasteiger partial charge in [0.2, 0.25) is 0 Å². The molecule has 2 atom stereocenters. The van der Waals surface area contributed by atoms with Gasteiger partial charge in [-0.15, -0.1) is 0 Å². The van der Waals surface area contributed by atoms with E-state index in [1.807, 2.05) is 19.1 Å². The molecule has 1 spiro atoms. The zero-order chi connectivity index (χ0) is 21.7. The first-order valence-corrected chi connectivity index (χ1v) is 13.2. The van der Waals surface area contributed by atoms with Crippen molar-refractivity contribution < 1.29 is 9.30 Å². The van der Waals surface area contributed by atoms with Crippen molar-refractivity contribution in [2.24, 2.45) is 11.1 Å². The van der Waals surface area contributed by atoms with Gasteiger partial charge in [0.05, 0.1) is 23.9 Å². The van der Waals surface area contributed by atoms with Gasteiger partial charge in [0.25, 0.3) is 0 Å². The number of anilines is 2. The quantitative estimate of drug-likeness (QED) is 0.693. The Labute approximate surface area is 182 Å². The van der Waals surface area contributed by atoms with Crippen LogP contribution in [0.5, 0.6) is 0 Å². The molecule has 1 aromatic carbocycles. The maximum Gasteiger partial charge on any atom is 0.152 e. The van der Waals surface area contributed by atoms with Gasteiger partial charge in [-0.05, 0) is 39.2 Å². The molecule has 9 heteroatoms. The lowest BCUT2D eigenvalue weighted by atomic mass is 9.73. The van der Waals surface area contributed by atoms with Gasteiger partial charge in [-0.2, -0.15) is 0 Å². The number of aromatic nitrogens is 2. The number of rotatable bonds is 3. The molecule has 2 fully saturated rings. The van der Waals surface area contributed by atoms with Crippen LogP contribution < -0.4 is 21.7 Å². The standard InChI is InChI=1S/C21H29ClN5O2P/c1-13-19(23)21(12-29-13)7-9-27(10-8-21)16-11-25-18(20(24)26-16)14-5-4-6-15(17(14)22)30(2,3)28/h4-6,11,13,19H,7-10,12,23H2,1-3H3,(H2,24,26)/t13-,19+/m0/s1. The Hall–Kier alpha value is -1.66. The fourth-order valence-corrected chi connectivity index (χ4v) is 6.39. The van der Waals surface area contributed by atoms with Gasteiger partial charge in [-0.1, -0.05) is 23.7 Å². The number of benzene rings is 1. The maximum atomic E-state index is 12.5. The molecule has 4 N–H and O–H groups in total. The third-order valence-corrected chi connectivity index (χ3v) is 8.60. The molecule has 0 radical (unpaired) electrons. The minimum Gasteiger partial charge on any atom is -0.382 e. The van der Waals surface area contributed by atoms with E-state index in [9.17, 15) is 4.57 Å². The van der Waals surface area contributed by atoms with Crippen molar-refractivity contribution in [3.63, 3.8) is 0 Å². The van der Waals surface area contributed by atoms with Crippen molar-refractivity contribution in [1.82, 2.24) is 9.97 Å². The second-order valence-electron chi connectivity index (χ2n) is 8.84. The summed E-state index contributed by atoms with van der Waals surface area (Å²) in [4.78, 5) is 11.4. The van der Waals surface area contributed by atoms with Crippen LogP contribution in [0.1, 0.15) is 19.8 Å². The highest BCUT2D eigenvalue weighted by molar-refractivity contribution is 7.70. The number of hydrogen-bond acceptors (Lipinski definition) is 7. The summed E-state index contributed by atoms with van der Waals surface area (Å²) in [5.74, 6) is 1.05. The van der Waals surface area contributed by atoms with Crippen molar-refractivity contribution >= 4 is 35.7 Å². The van der Waals surface area contributed by atoms with Crippen LogP contribution in [-0.4, -0.2) is 55.1 Å². The highest BCUT2D eigenvalue weighted by Gasteiger charge is 2.47. The van der Waals surface area contributed by atoms with E-state index in [-0.39, 0.29) is 17.6 Å². The monoisotopic (exact) mass is 449 g/mol.